The van der Waals surface area contributed by atoms with Gasteiger partial charge in [0.25, 0.3) is 0 Å². The molecule has 0 spiro atoms. The Kier molecular flexibility index (Phi) is 9.45. The fourth-order valence-corrected chi connectivity index (χ4v) is 2.82. The van der Waals surface area contributed by atoms with E-state index in [1.165, 1.54) is 76.2 Å². The summed E-state index contributed by atoms with van der Waals surface area (Å²) in [5.41, 5.74) is 4.63. The molecular weight excluding hydrogens is 240 g/mol. The van der Waals surface area contributed by atoms with E-state index in [1.807, 2.05) is 0 Å². The molecule has 0 saturated carbocycles. The molecule has 0 unspecified atom stereocenters. The molecule has 1 rings (SSSR count). The molecule has 0 saturated heterocycles. The van der Waals surface area contributed by atoms with E-state index in [-0.39, 0.29) is 0 Å². The zero-order chi connectivity index (χ0) is 14.6. The number of rotatable bonds is 11. The molecule has 1 aromatic rings. The van der Waals surface area contributed by atoms with Crippen LogP contribution in [0.2, 0.25) is 0 Å². The highest BCUT2D eigenvalue weighted by molar-refractivity contribution is 5.31. The van der Waals surface area contributed by atoms with Crippen molar-refractivity contribution in [1.29, 1.82) is 0 Å². The largest absolute Gasteiger partial charge is 0.0654 e. The van der Waals surface area contributed by atoms with Crippen LogP contribution in [0.4, 0.5) is 0 Å². The van der Waals surface area contributed by atoms with E-state index >= 15 is 0 Å². The smallest absolute Gasteiger partial charge is 0.0276 e. The first kappa shape index (κ1) is 17.3. The van der Waals surface area contributed by atoms with Gasteiger partial charge in [-0.25, -0.2) is 0 Å². The van der Waals surface area contributed by atoms with E-state index < -0.39 is 0 Å². The molecule has 0 aliphatic heterocycles. The van der Waals surface area contributed by atoms with Crippen LogP contribution < -0.4 is 0 Å². The van der Waals surface area contributed by atoms with Crippen molar-refractivity contribution in [3.63, 3.8) is 0 Å². The summed E-state index contributed by atoms with van der Waals surface area (Å²) in [6.07, 6.45) is 14.9. The van der Waals surface area contributed by atoms with Gasteiger partial charge in [-0.05, 0) is 49.3 Å². The quantitative estimate of drug-likeness (QED) is 0.397. The molecule has 114 valence electrons. The van der Waals surface area contributed by atoms with Gasteiger partial charge in [-0.15, -0.1) is 0 Å². The van der Waals surface area contributed by atoms with Gasteiger partial charge in [-0.1, -0.05) is 77.0 Å². The minimum absolute atomic E-state index is 1.27. The summed E-state index contributed by atoms with van der Waals surface area (Å²) in [5, 5.41) is 0. The molecule has 0 fully saturated rings. The summed E-state index contributed by atoms with van der Waals surface area (Å²) in [6, 6.07) is 7.14. The molecule has 0 bridgehead atoms. The summed E-state index contributed by atoms with van der Waals surface area (Å²) in [6.45, 7) is 6.83. The monoisotopic (exact) mass is 274 g/mol. The summed E-state index contributed by atoms with van der Waals surface area (Å²) in [5.74, 6) is 0. The van der Waals surface area contributed by atoms with E-state index in [4.69, 9.17) is 0 Å². The zero-order valence-electron chi connectivity index (χ0n) is 14.0. The van der Waals surface area contributed by atoms with Crippen molar-refractivity contribution >= 4 is 0 Å². The minimum Gasteiger partial charge on any atom is -0.0654 e. The molecular formula is C20H34. The van der Waals surface area contributed by atoms with E-state index in [0.717, 1.165) is 0 Å². The van der Waals surface area contributed by atoms with Gasteiger partial charge in [0, 0.05) is 0 Å². The summed E-state index contributed by atoms with van der Waals surface area (Å²) < 4.78 is 0. The molecule has 0 heteroatoms. The third-order valence-corrected chi connectivity index (χ3v) is 4.28. The van der Waals surface area contributed by atoms with E-state index in [9.17, 15) is 0 Å². The van der Waals surface area contributed by atoms with Gasteiger partial charge in [0.1, 0.15) is 0 Å². The molecule has 0 nitrogen and oxygen atoms in total. The fraction of sp³-hybridized carbons (Fsp3) is 0.700. The Morgan fingerprint density at radius 2 is 1.30 bits per heavy atom. The second kappa shape index (κ2) is 10.9. The van der Waals surface area contributed by atoms with Crippen molar-refractivity contribution in [3.8, 4) is 0 Å². The summed E-state index contributed by atoms with van der Waals surface area (Å²) >= 11 is 0. The van der Waals surface area contributed by atoms with Crippen molar-refractivity contribution in [1.82, 2.24) is 0 Å². The highest BCUT2D eigenvalue weighted by atomic mass is 14.1. The van der Waals surface area contributed by atoms with Gasteiger partial charge in [-0.3, -0.25) is 0 Å². The molecule has 0 N–H and O–H groups in total. The highest BCUT2D eigenvalue weighted by Crippen LogP contribution is 2.17. The van der Waals surface area contributed by atoms with Crippen LogP contribution in [-0.4, -0.2) is 0 Å². The van der Waals surface area contributed by atoms with Crippen molar-refractivity contribution in [2.24, 2.45) is 0 Å². The lowest BCUT2D eigenvalue weighted by Gasteiger charge is -2.09. The maximum Gasteiger partial charge on any atom is -0.0276 e. The molecule has 0 radical (unpaired) electrons. The molecule has 0 aliphatic carbocycles. The first-order valence-electron chi connectivity index (χ1n) is 8.86. The SMILES string of the molecule is CCCCCCCc1cc(CCCCCC)ccc1C. The van der Waals surface area contributed by atoms with E-state index in [0.29, 0.717) is 0 Å². The second-order valence-corrected chi connectivity index (χ2v) is 6.24. The van der Waals surface area contributed by atoms with Gasteiger partial charge in [0.15, 0.2) is 0 Å². The number of hydrogen-bond acceptors (Lipinski definition) is 0. The highest BCUT2D eigenvalue weighted by Gasteiger charge is 2.01. The Morgan fingerprint density at radius 1 is 0.700 bits per heavy atom. The molecule has 0 amide bonds. The Bertz CT molecular complexity index is 351. The average Bonchev–Trinajstić information content (AvgIpc) is 2.46. The molecule has 0 heterocycles. The Balaban J connectivity index is 2.37. The number of hydrogen-bond donors (Lipinski definition) is 0. The topological polar surface area (TPSA) is 0 Å². The van der Waals surface area contributed by atoms with Crippen LogP contribution in [0, 0.1) is 6.92 Å². The predicted molar refractivity (Wildman–Crippen MR) is 91.5 cm³/mol. The first-order chi connectivity index (χ1) is 9.77. The van der Waals surface area contributed by atoms with Gasteiger partial charge in [0.05, 0.1) is 0 Å². The average molecular weight is 274 g/mol. The van der Waals surface area contributed by atoms with Crippen LogP contribution in [0.3, 0.4) is 0 Å². The minimum atomic E-state index is 1.27. The maximum atomic E-state index is 2.47. The van der Waals surface area contributed by atoms with Crippen molar-refractivity contribution in [3.05, 3.63) is 34.9 Å². The van der Waals surface area contributed by atoms with E-state index in [1.54, 1.807) is 11.1 Å². The lowest BCUT2D eigenvalue weighted by atomic mass is 9.97. The molecule has 0 aliphatic rings. The van der Waals surface area contributed by atoms with Gasteiger partial charge >= 0.3 is 0 Å². The molecule has 0 aromatic heterocycles. The fourth-order valence-electron chi connectivity index (χ4n) is 2.82. The second-order valence-electron chi connectivity index (χ2n) is 6.24. The van der Waals surface area contributed by atoms with Crippen LogP contribution >= 0.6 is 0 Å². The van der Waals surface area contributed by atoms with Crippen LogP contribution in [0.15, 0.2) is 18.2 Å². The summed E-state index contributed by atoms with van der Waals surface area (Å²) in [7, 11) is 0. The Hall–Kier alpha value is -0.780. The summed E-state index contributed by atoms with van der Waals surface area (Å²) in [4.78, 5) is 0. The number of aryl methyl sites for hydroxylation is 3. The lowest BCUT2D eigenvalue weighted by molar-refractivity contribution is 0.631. The standard InChI is InChI=1S/C20H34/c1-4-6-8-10-12-14-20-17-19(16-15-18(20)3)13-11-9-7-5-2/h15-17H,4-14H2,1-3H3. The first-order valence-corrected chi connectivity index (χ1v) is 8.86. The number of unbranched alkanes of at least 4 members (excludes halogenated alkanes) is 7. The normalized spacial score (nSPS) is 10.9. The number of benzene rings is 1. The van der Waals surface area contributed by atoms with Gasteiger partial charge in [-0.2, -0.15) is 0 Å². The Morgan fingerprint density at radius 3 is 2.00 bits per heavy atom. The van der Waals surface area contributed by atoms with Crippen LogP contribution in [-0.2, 0) is 12.8 Å². The predicted octanol–water partition coefficient (Wildman–Crippen LogP) is 6.63. The van der Waals surface area contributed by atoms with Crippen LogP contribution in [0.5, 0.6) is 0 Å². The van der Waals surface area contributed by atoms with Crippen LogP contribution in [0.25, 0.3) is 0 Å². The molecule has 20 heavy (non-hydrogen) atoms. The zero-order valence-corrected chi connectivity index (χ0v) is 14.0. The van der Waals surface area contributed by atoms with E-state index in [2.05, 4.69) is 39.0 Å². The van der Waals surface area contributed by atoms with Crippen molar-refractivity contribution in [2.75, 3.05) is 0 Å². The lowest BCUT2D eigenvalue weighted by Crippen LogP contribution is -1.94. The van der Waals surface area contributed by atoms with Gasteiger partial charge in [0.2, 0.25) is 0 Å². The van der Waals surface area contributed by atoms with Crippen LogP contribution in [0.1, 0.15) is 88.3 Å². The third kappa shape index (κ3) is 7.12. The maximum absolute atomic E-state index is 2.47. The molecule has 0 atom stereocenters. The Labute approximate surface area is 127 Å². The third-order valence-electron chi connectivity index (χ3n) is 4.28. The van der Waals surface area contributed by atoms with Crippen molar-refractivity contribution in [2.45, 2.75) is 91.4 Å². The molecule has 1 aromatic carbocycles. The van der Waals surface area contributed by atoms with Gasteiger partial charge < -0.3 is 0 Å². The van der Waals surface area contributed by atoms with Crippen molar-refractivity contribution < 1.29 is 0 Å².